The summed E-state index contributed by atoms with van der Waals surface area (Å²) < 4.78 is 0. The molecule has 4 unspecified atom stereocenters. The first-order valence-corrected chi connectivity index (χ1v) is 5.88. The predicted molar refractivity (Wildman–Crippen MR) is 57.5 cm³/mol. The lowest BCUT2D eigenvalue weighted by Gasteiger charge is -2.44. The van der Waals surface area contributed by atoms with Crippen LogP contribution in [0.5, 0.6) is 0 Å². The monoisotopic (exact) mass is 178 g/mol. The van der Waals surface area contributed by atoms with Crippen LogP contribution in [0.1, 0.15) is 46.0 Å². The van der Waals surface area contributed by atoms with E-state index in [-0.39, 0.29) is 0 Å². The average Bonchev–Trinajstić information content (AvgIpc) is 2.12. The van der Waals surface area contributed by atoms with Gasteiger partial charge in [-0.1, -0.05) is 38.8 Å². The molecule has 74 valence electrons. The van der Waals surface area contributed by atoms with Gasteiger partial charge in [0.2, 0.25) is 0 Å². The number of allylic oxidation sites excluding steroid dienone is 1. The van der Waals surface area contributed by atoms with Crippen molar-refractivity contribution in [2.45, 2.75) is 46.0 Å². The molecular weight excluding hydrogens is 156 g/mol. The second-order valence-corrected chi connectivity index (χ2v) is 5.22. The van der Waals surface area contributed by atoms with Crippen LogP contribution in [0.2, 0.25) is 0 Å². The largest absolute Gasteiger partial charge is 0.0996 e. The average molecular weight is 178 g/mol. The molecule has 0 nitrogen and oxygen atoms in total. The molecule has 2 aliphatic rings. The summed E-state index contributed by atoms with van der Waals surface area (Å²) in [6, 6.07) is 0. The van der Waals surface area contributed by atoms with Gasteiger partial charge in [-0.3, -0.25) is 0 Å². The van der Waals surface area contributed by atoms with Crippen LogP contribution in [0.3, 0.4) is 0 Å². The van der Waals surface area contributed by atoms with Crippen LogP contribution in [0, 0.1) is 23.7 Å². The fraction of sp³-hybridized carbons (Fsp3) is 0.846. The molecule has 2 fully saturated rings. The maximum Gasteiger partial charge on any atom is -0.0203 e. The summed E-state index contributed by atoms with van der Waals surface area (Å²) in [5, 5.41) is 0. The molecule has 13 heavy (non-hydrogen) atoms. The van der Waals surface area contributed by atoms with Crippen LogP contribution in [0.4, 0.5) is 0 Å². The lowest BCUT2D eigenvalue weighted by Crippen LogP contribution is -2.35. The molecule has 2 aliphatic carbocycles. The van der Waals surface area contributed by atoms with Gasteiger partial charge in [-0.25, -0.2) is 0 Å². The third kappa shape index (κ3) is 1.56. The van der Waals surface area contributed by atoms with E-state index >= 15 is 0 Å². The molecule has 0 radical (unpaired) electrons. The summed E-state index contributed by atoms with van der Waals surface area (Å²) in [6.07, 6.45) is 7.12. The second-order valence-electron chi connectivity index (χ2n) is 5.22. The maximum atomic E-state index is 4.21. The van der Waals surface area contributed by atoms with Crippen molar-refractivity contribution < 1.29 is 0 Å². The van der Waals surface area contributed by atoms with Gasteiger partial charge in [-0.2, -0.15) is 0 Å². The molecule has 0 aliphatic heterocycles. The molecule has 0 aromatic rings. The lowest BCUT2D eigenvalue weighted by atomic mass is 9.61. The summed E-state index contributed by atoms with van der Waals surface area (Å²) >= 11 is 0. The smallest absolute Gasteiger partial charge is 0.0203 e. The van der Waals surface area contributed by atoms with E-state index in [0.717, 1.165) is 23.7 Å². The SMILES string of the molecule is C=C1CCC2C(C)CCCC2C1C. The van der Waals surface area contributed by atoms with E-state index in [9.17, 15) is 0 Å². The summed E-state index contributed by atoms with van der Waals surface area (Å²) in [5.41, 5.74) is 1.52. The number of hydrogen-bond acceptors (Lipinski definition) is 0. The Morgan fingerprint density at radius 3 is 2.62 bits per heavy atom. The fourth-order valence-corrected chi connectivity index (χ4v) is 3.53. The van der Waals surface area contributed by atoms with E-state index in [0.29, 0.717) is 0 Å². The molecule has 0 bridgehead atoms. The van der Waals surface area contributed by atoms with E-state index in [1.165, 1.54) is 37.7 Å². The lowest BCUT2D eigenvalue weighted by molar-refractivity contribution is 0.0990. The van der Waals surface area contributed by atoms with Crippen molar-refractivity contribution in [1.82, 2.24) is 0 Å². The molecule has 0 amide bonds. The van der Waals surface area contributed by atoms with Gasteiger partial charge in [0, 0.05) is 0 Å². The van der Waals surface area contributed by atoms with E-state index in [4.69, 9.17) is 0 Å². The van der Waals surface area contributed by atoms with Crippen molar-refractivity contribution in [2.24, 2.45) is 23.7 Å². The molecule has 0 heteroatoms. The third-order valence-corrected chi connectivity index (χ3v) is 4.56. The highest BCUT2D eigenvalue weighted by Gasteiger charge is 2.37. The maximum absolute atomic E-state index is 4.21. The van der Waals surface area contributed by atoms with Crippen LogP contribution < -0.4 is 0 Å². The molecule has 0 aromatic heterocycles. The topological polar surface area (TPSA) is 0 Å². The Kier molecular flexibility index (Phi) is 2.49. The van der Waals surface area contributed by atoms with Gasteiger partial charge in [0.15, 0.2) is 0 Å². The molecule has 0 aromatic carbocycles. The van der Waals surface area contributed by atoms with Crippen LogP contribution in [-0.2, 0) is 0 Å². The second kappa shape index (κ2) is 3.48. The highest BCUT2D eigenvalue weighted by molar-refractivity contribution is 5.07. The Labute approximate surface area is 82.4 Å². The summed E-state index contributed by atoms with van der Waals surface area (Å²) in [5.74, 6) is 3.79. The number of fused-ring (bicyclic) bond motifs is 1. The van der Waals surface area contributed by atoms with Crippen molar-refractivity contribution >= 4 is 0 Å². The molecule has 4 atom stereocenters. The molecular formula is C13H22. The van der Waals surface area contributed by atoms with Gasteiger partial charge in [0.05, 0.1) is 0 Å². The van der Waals surface area contributed by atoms with Gasteiger partial charge < -0.3 is 0 Å². The number of hydrogen-bond donors (Lipinski definition) is 0. The number of rotatable bonds is 0. The fourth-order valence-electron chi connectivity index (χ4n) is 3.53. The molecule has 0 N–H and O–H groups in total. The van der Waals surface area contributed by atoms with E-state index in [1.54, 1.807) is 0 Å². The third-order valence-electron chi connectivity index (χ3n) is 4.56. The van der Waals surface area contributed by atoms with Crippen molar-refractivity contribution in [3.05, 3.63) is 12.2 Å². The minimum atomic E-state index is 0.807. The van der Waals surface area contributed by atoms with E-state index in [1.807, 2.05) is 0 Å². The van der Waals surface area contributed by atoms with Crippen LogP contribution >= 0.6 is 0 Å². The zero-order valence-corrected chi connectivity index (χ0v) is 9.05. The standard InChI is InChI=1S/C13H22/c1-9-7-8-12-10(2)5-4-6-13(12)11(9)3/h10-13H,1,4-8H2,2-3H3. The zero-order valence-electron chi connectivity index (χ0n) is 9.05. The van der Waals surface area contributed by atoms with Gasteiger partial charge >= 0.3 is 0 Å². The van der Waals surface area contributed by atoms with Crippen LogP contribution in [0.15, 0.2) is 12.2 Å². The molecule has 2 rings (SSSR count). The Bertz CT molecular complexity index is 204. The van der Waals surface area contributed by atoms with Gasteiger partial charge in [-0.15, -0.1) is 0 Å². The van der Waals surface area contributed by atoms with Crippen LogP contribution in [0.25, 0.3) is 0 Å². The zero-order chi connectivity index (χ0) is 9.42. The highest BCUT2D eigenvalue weighted by atomic mass is 14.4. The molecule has 0 heterocycles. The molecule has 0 spiro atoms. The van der Waals surface area contributed by atoms with Crippen LogP contribution in [-0.4, -0.2) is 0 Å². The van der Waals surface area contributed by atoms with Crippen molar-refractivity contribution in [2.75, 3.05) is 0 Å². The van der Waals surface area contributed by atoms with Crippen molar-refractivity contribution in [1.29, 1.82) is 0 Å². The van der Waals surface area contributed by atoms with Gasteiger partial charge in [0.25, 0.3) is 0 Å². The van der Waals surface area contributed by atoms with Crippen molar-refractivity contribution in [3.8, 4) is 0 Å². The van der Waals surface area contributed by atoms with Gasteiger partial charge in [-0.05, 0) is 42.9 Å². The van der Waals surface area contributed by atoms with E-state index in [2.05, 4.69) is 20.4 Å². The summed E-state index contributed by atoms with van der Waals surface area (Å²) in [4.78, 5) is 0. The first-order chi connectivity index (χ1) is 6.20. The molecule has 0 saturated heterocycles. The Hall–Kier alpha value is -0.260. The van der Waals surface area contributed by atoms with E-state index < -0.39 is 0 Å². The van der Waals surface area contributed by atoms with Gasteiger partial charge in [0.1, 0.15) is 0 Å². The summed E-state index contributed by atoms with van der Waals surface area (Å²) in [7, 11) is 0. The first kappa shape index (κ1) is 9.30. The Balaban J connectivity index is 2.12. The minimum Gasteiger partial charge on any atom is -0.0996 e. The van der Waals surface area contributed by atoms with Crippen molar-refractivity contribution in [3.63, 3.8) is 0 Å². The quantitative estimate of drug-likeness (QED) is 0.491. The Morgan fingerprint density at radius 1 is 1.08 bits per heavy atom. The predicted octanol–water partition coefficient (Wildman–Crippen LogP) is 4.02. The first-order valence-electron chi connectivity index (χ1n) is 5.88. The Morgan fingerprint density at radius 2 is 1.85 bits per heavy atom. The minimum absolute atomic E-state index is 0.807. The molecule has 2 saturated carbocycles. The normalized spacial score (nSPS) is 45.8. The highest BCUT2D eigenvalue weighted by Crippen LogP contribution is 2.47. The summed E-state index contributed by atoms with van der Waals surface area (Å²) in [6.45, 7) is 9.07.